The number of benzene rings is 1. The molecule has 0 saturated heterocycles. The predicted octanol–water partition coefficient (Wildman–Crippen LogP) is 5.67. The number of carbonyl (C=O) groups is 9. The monoisotopic (exact) mass is 1110 g/mol. The molecule has 0 aliphatic rings. The minimum atomic E-state index is -1.64. The third kappa shape index (κ3) is 29.3. The third-order valence-electron chi connectivity index (χ3n) is 11.2. The van der Waals surface area contributed by atoms with Crippen LogP contribution in [0.2, 0.25) is 0 Å². The van der Waals surface area contributed by atoms with Crippen molar-refractivity contribution < 1.29 is 66.8 Å². The summed E-state index contributed by atoms with van der Waals surface area (Å²) in [7, 11) is 2.96. The summed E-state index contributed by atoms with van der Waals surface area (Å²) in [6.07, 6.45) is -0.813. The standard InChI is InChI=1S/C56H94N6O14S/c1-19-20-29-77-33-41(52(72-17)73-18)61-48(68)38(30-34(2)3)60-51(71)46(53(5,6)7)62-50(70)39(31-36-24-22-21-23-35(36)4)59-47(67)37(25-27-43(64)74-54(8,9)10)58-49(69)40(32-45(66)76-56(14,15)16)57-42(63)26-28-44(65)75-55(11,12)13/h21-24,34,37-41,46,52H,19-20,25-33H2,1-18H3,(H,57,63)(H,58,69)(H,59,67)(H,60,71)(H,61,68)(H,62,70)/t37-,38-,39-,40-,41-,46+/m0/s1. The minimum Gasteiger partial charge on any atom is -0.460 e. The molecular weight excluding hydrogens is 1010 g/mol. The first-order valence-electron chi connectivity index (χ1n) is 26.6. The van der Waals surface area contributed by atoms with Gasteiger partial charge in [0.05, 0.1) is 18.9 Å². The maximum atomic E-state index is 14.8. The number of hydrogen-bond acceptors (Lipinski definition) is 15. The molecule has 0 unspecified atom stereocenters. The average Bonchev–Trinajstić information content (AvgIpc) is 3.27. The Morgan fingerprint density at radius 3 is 1.58 bits per heavy atom. The van der Waals surface area contributed by atoms with Crippen molar-refractivity contribution in [2.75, 3.05) is 25.7 Å². The van der Waals surface area contributed by atoms with Gasteiger partial charge in [-0.05, 0) is 117 Å². The quantitative estimate of drug-likeness (QED) is 0.0226. The highest BCUT2D eigenvalue weighted by molar-refractivity contribution is 7.99. The van der Waals surface area contributed by atoms with Crippen LogP contribution < -0.4 is 31.9 Å². The summed E-state index contributed by atoms with van der Waals surface area (Å²) in [5.74, 6) is -5.59. The Hall–Kier alpha value is -5.28. The van der Waals surface area contributed by atoms with E-state index in [4.69, 9.17) is 23.7 Å². The van der Waals surface area contributed by atoms with Crippen molar-refractivity contribution in [1.82, 2.24) is 31.9 Å². The number of thioether (sulfide) groups is 1. The van der Waals surface area contributed by atoms with Crippen molar-refractivity contribution >= 4 is 65.1 Å². The first kappa shape index (κ1) is 69.7. The fourth-order valence-electron chi connectivity index (χ4n) is 7.60. The van der Waals surface area contributed by atoms with Gasteiger partial charge in [-0.1, -0.05) is 72.2 Å². The Balaban J connectivity index is 3.79. The number of nitrogens with one attached hydrogen (secondary N) is 6. The van der Waals surface area contributed by atoms with Gasteiger partial charge in [-0.15, -0.1) is 0 Å². The molecule has 0 aliphatic heterocycles. The summed E-state index contributed by atoms with van der Waals surface area (Å²) >= 11 is 1.64. The van der Waals surface area contributed by atoms with Crippen LogP contribution in [0, 0.1) is 18.3 Å². The van der Waals surface area contributed by atoms with Crippen molar-refractivity contribution in [3.63, 3.8) is 0 Å². The zero-order valence-corrected chi connectivity index (χ0v) is 50.1. The average molecular weight is 1110 g/mol. The molecule has 1 rings (SSSR count). The van der Waals surface area contributed by atoms with E-state index in [2.05, 4.69) is 38.8 Å². The van der Waals surface area contributed by atoms with Crippen LogP contribution in [0.4, 0.5) is 0 Å². The second kappa shape index (κ2) is 32.6. The molecule has 6 atom stereocenters. The fourth-order valence-corrected chi connectivity index (χ4v) is 8.75. The Kier molecular flexibility index (Phi) is 29.5. The number of aryl methyl sites for hydroxylation is 1. The zero-order chi connectivity index (χ0) is 59.1. The highest BCUT2D eigenvalue weighted by Gasteiger charge is 2.39. The molecule has 77 heavy (non-hydrogen) atoms. The largest absolute Gasteiger partial charge is 0.460 e. The molecule has 21 heteroatoms. The lowest BCUT2D eigenvalue weighted by atomic mass is 9.85. The number of carbonyl (C=O) groups excluding carboxylic acids is 9. The van der Waals surface area contributed by atoms with Crippen LogP contribution in [0.5, 0.6) is 0 Å². The lowest BCUT2D eigenvalue weighted by molar-refractivity contribution is -0.158. The molecule has 1 aromatic rings. The molecular formula is C56H94N6O14S. The van der Waals surface area contributed by atoms with E-state index in [1.807, 2.05) is 26.8 Å². The molecule has 20 nitrogen and oxygen atoms in total. The van der Waals surface area contributed by atoms with E-state index in [-0.39, 0.29) is 31.6 Å². The molecule has 1 aromatic carbocycles. The second-order valence-electron chi connectivity index (χ2n) is 23.8. The normalized spacial score (nSPS) is 14.4. The maximum absolute atomic E-state index is 14.8. The van der Waals surface area contributed by atoms with Gasteiger partial charge in [-0.25, -0.2) is 0 Å². The van der Waals surface area contributed by atoms with Crippen molar-refractivity contribution in [2.24, 2.45) is 11.3 Å². The Labute approximate surface area is 462 Å². The van der Waals surface area contributed by atoms with Gasteiger partial charge in [0.1, 0.15) is 47.0 Å². The minimum absolute atomic E-state index is 0.0442. The summed E-state index contributed by atoms with van der Waals surface area (Å²) in [5.41, 5.74) is -2.23. The molecule has 0 aliphatic carbocycles. The Morgan fingerprint density at radius 1 is 0.571 bits per heavy atom. The summed E-state index contributed by atoms with van der Waals surface area (Å²) in [4.78, 5) is 124. The first-order chi connectivity index (χ1) is 35.5. The fraction of sp³-hybridized carbons (Fsp3) is 0.732. The number of esters is 3. The van der Waals surface area contributed by atoms with Crippen molar-refractivity contribution in [1.29, 1.82) is 0 Å². The van der Waals surface area contributed by atoms with Crippen LogP contribution in [0.15, 0.2) is 24.3 Å². The van der Waals surface area contributed by atoms with E-state index in [1.165, 1.54) is 14.2 Å². The SMILES string of the molecule is CCCCSC[C@H](NC(=O)[C@H](CC(C)C)NC(=O)[C@@H](NC(=O)[C@H](Cc1ccccc1C)NC(=O)[C@H](CCC(=O)OC(C)(C)C)NC(=O)[C@H](CC(=O)OC(C)(C)C)NC(=O)CCC(=O)OC(C)(C)C)C(C)(C)C)C(OC)OC. The number of hydrogen-bond donors (Lipinski definition) is 6. The van der Waals surface area contributed by atoms with Gasteiger partial charge in [0.25, 0.3) is 0 Å². The van der Waals surface area contributed by atoms with Gasteiger partial charge in [0.2, 0.25) is 35.4 Å². The van der Waals surface area contributed by atoms with Gasteiger partial charge in [0.15, 0.2) is 6.29 Å². The zero-order valence-electron chi connectivity index (χ0n) is 49.3. The number of methoxy groups -OCH3 is 2. The highest BCUT2D eigenvalue weighted by atomic mass is 32.2. The summed E-state index contributed by atoms with van der Waals surface area (Å²) in [6, 6.07) is -0.325. The smallest absolute Gasteiger partial charge is 0.308 e. The van der Waals surface area contributed by atoms with Gasteiger partial charge in [-0.3, -0.25) is 43.2 Å². The van der Waals surface area contributed by atoms with Gasteiger partial charge in [-0.2, -0.15) is 11.8 Å². The van der Waals surface area contributed by atoms with Crippen LogP contribution in [-0.4, -0.2) is 138 Å². The molecule has 0 bridgehead atoms. The molecule has 0 saturated carbocycles. The molecule has 0 spiro atoms. The molecule has 438 valence electrons. The van der Waals surface area contributed by atoms with E-state index in [0.29, 0.717) is 11.3 Å². The number of rotatable bonds is 31. The van der Waals surface area contributed by atoms with Gasteiger partial charge >= 0.3 is 17.9 Å². The lowest BCUT2D eigenvalue weighted by Gasteiger charge is -2.34. The van der Waals surface area contributed by atoms with Crippen molar-refractivity contribution in [3.05, 3.63) is 35.4 Å². The number of amides is 6. The van der Waals surface area contributed by atoms with Gasteiger partial charge in [0, 0.05) is 39.2 Å². The molecule has 0 aromatic heterocycles. The Bertz CT molecular complexity index is 2100. The summed E-state index contributed by atoms with van der Waals surface area (Å²) in [5, 5.41) is 16.6. The number of unbranched alkanes of at least 4 members (excludes halogenated alkanes) is 1. The molecule has 6 N–H and O–H groups in total. The van der Waals surface area contributed by atoms with Gasteiger partial charge < -0.3 is 55.6 Å². The molecule has 0 fully saturated rings. The lowest BCUT2D eigenvalue weighted by Crippen LogP contribution is -2.62. The molecule has 0 heterocycles. The topological polar surface area (TPSA) is 272 Å². The third-order valence-corrected chi connectivity index (χ3v) is 12.4. The van der Waals surface area contributed by atoms with E-state index in [0.717, 1.165) is 24.2 Å². The van der Waals surface area contributed by atoms with E-state index >= 15 is 0 Å². The van der Waals surface area contributed by atoms with Crippen molar-refractivity contribution in [2.45, 2.75) is 228 Å². The van der Waals surface area contributed by atoms with E-state index in [1.54, 1.807) is 113 Å². The van der Waals surface area contributed by atoms with Crippen molar-refractivity contribution in [3.8, 4) is 0 Å². The van der Waals surface area contributed by atoms with Crippen LogP contribution in [0.25, 0.3) is 0 Å². The predicted molar refractivity (Wildman–Crippen MR) is 296 cm³/mol. The maximum Gasteiger partial charge on any atom is 0.308 e. The highest BCUT2D eigenvalue weighted by Crippen LogP contribution is 2.22. The summed E-state index contributed by atoms with van der Waals surface area (Å²) in [6.45, 7) is 27.8. The molecule has 0 radical (unpaired) electrons. The Morgan fingerprint density at radius 2 is 1.06 bits per heavy atom. The second-order valence-corrected chi connectivity index (χ2v) is 24.9. The van der Waals surface area contributed by atoms with Crippen LogP contribution in [-0.2, 0) is 73.3 Å². The van der Waals surface area contributed by atoms with E-state index < -0.39 is 137 Å². The van der Waals surface area contributed by atoms with Crippen LogP contribution >= 0.6 is 11.8 Å². The summed E-state index contributed by atoms with van der Waals surface area (Å²) < 4.78 is 27.4. The molecule has 6 amide bonds. The van der Waals surface area contributed by atoms with E-state index in [9.17, 15) is 43.2 Å². The van der Waals surface area contributed by atoms with Crippen LogP contribution in [0.3, 0.4) is 0 Å². The number of ether oxygens (including phenoxy) is 5. The first-order valence-corrected chi connectivity index (χ1v) is 27.8. The van der Waals surface area contributed by atoms with Crippen LogP contribution in [0.1, 0.15) is 166 Å².